The standard InChI is InChI=1S/C24H19FN6OS2/c1-15-4-2-3-5-20(15)30-21(32)10-22-29-17(12-33-22)13-34-24-19-11-28-31(23(19)26-14-27-24)18-8-6-16(25)7-9-18/h2-9,11-12,14H,10,13H2,1H3,(H,30,32). The summed E-state index contributed by atoms with van der Waals surface area (Å²) < 4.78 is 14.9. The number of carbonyl (C=O) groups excluding carboxylic acids is 1. The summed E-state index contributed by atoms with van der Waals surface area (Å²) in [5, 5.41) is 11.7. The summed E-state index contributed by atoms with van der Waals surface area (Å²) in [6.07, 6.45) is 3.43. The van der Waals surface area contributed by atoms with E-state index in [1.54, 1.807) is 23.0 Å². The zero-order valence-electron chi connectivity index (χ0n) is 18.1. The van der Waals surface area contributed by atoms with Crippen molar-refractivity contribution in [2.45, 2.75) is 24.1 Å². The highest BCUT2D eigenvalue weighted by Gasteiger charge is 2.14. The van der Waals surface area contributed by atoms with Gasteiger partial charge in [-0.15, -0.1) is 11.3 Å². The van der Waals surface area contributed by atoms with Gasteiger partial charge in [-0.2, -0.15) is 5.10 Å². The van der Waals surface area contributed by atoms with Crippen LogP contribution in [0.1, 0.15) is 16.3 Å². The number of thiazole rings is 1. The first kappa shape index (κ1) is 22.2. The SMILES string of the molecule is Cc1ccccc1NC(=O)Cc1nc(CSc2ncnc3c2cnn3-c2ccc(F)cc2)cs1. The van der Waals surface area contributed by atoms with Crippen LogP contribution in [0.15, 0.2) is 71.5 Å². The normalized spacial score (nSPS) is 11.1. The number of nitrogens with zero attached hydrogens (tertiary/aromatic N) is 5. The summed E-state index contributed by atoms with van der Waals surface area (Å²) >= 11 is 3.00. The van der Waals surface area contributed by atoms with Crippen molar-refractivity contribution in [2.75, 3.05) is 5.32 Å². The number of fused-ring (bicyclic) bond motifs is 1. The van der Waals surface area contributed by atoms with Gasteiger partial charge in [0.2, 0.25) is 5.91 Å². The van der Waals surface area contributed by atoms with E-state index in [1.165, 1.54) is 41.6 Å². The Hall–Kier alpha value is -3.63. The Morgan fingerprint density at radius 3 is 2.79 bits per heavy atom. The van der Waals surface area contributed by atoms with Crippen LogP contribution in [0.2, 0.25) is 0 Å². The van der Waals surface area contributed by atoms with E-state index < -0.39 is 0 Å². The zero-order chi connectivity index (χ0) is 23.5. The van der Waals surface area contributed by atoms with E-state index >= 15 is 0 Å². The van der Waals surface area contributed by atoms with E-state index in [-0.39, 0.29) is 18.1 Å². The number of nitrogens with one attached hydrogen (secondary N) is 1. The van der Waals surface area contributed by atoms with Crippen LogP contribution in [0.4, 0.5) is 10.1 Å². The van der Waals surface area contributed by atoms with E-state index in [4.69, 9.17) is 0 Å². The first-order chi connectivity index (χ1) is 16.6. The molecular formula is C24H19FN6OS2. The Morgan fingerprint density at radius 2 is 1.97 bits per heavy atom. The topological polar surface area (TPSA) is 85.6 Å². The fraction of sp³-hybridized carbons (Fsp3) is 0.125. The first-order valence-corrected chi connectivity index (χ1v) is 12.3. The van der Waals surface area contributed by atoms with Gasteiger partial charge in [-0.05, 0) is 42.8 Å². The van der Waals surface area contributed by atoms with Crippen molar-refractivity contribution in [3.05, 3.63) is 88.5 Å². The molecule has 0 radical (unpaired) electrons. The Labute approximate surface area is 203 Å². The molecule has 0 aliphatic carbocycles. The van der Waals surface area contributed by atoms with Crippen LogP contribution < -0.4 is 5.32 Å². The molecule has 10 heteroatoms. The largest absolute Gasteiger partial charge is 0.325 e. The number of hydrogen-bond acceptors (Lipinski definition) is 7. The lowest BCUT2D eigenvalue weighted by Crippen LogP contribution is -2.15. The Balaban J connectivity index is 1.25. The molecule has 3 aromatic heterocycles. The third-order valence-corrected chi connectivity index (χ3v) is 7.02. The number of rotatable bonds is 7. The van der Waals surface area contributed by atoms with Gasteiger partial charge < -0.3 is 5.32 Å². The molecule has 0 aliphatic rings. The molecule has 0 atom stereocenters. The highest BCUT2D eigenvalue weighted by atomic mass is 32.2. The fourth-order valence-electron chi connectivity index (χ4n) is 3.39. The minimum absolute atomic E-state index is 0.0893. The highest BCUT2D eigenvalue weighted by Crippen LogP contribution is 2.29. The first-order valence-electron chi connectivity index (χ1n) is 10.4. The molecular weight excluding hydrogens is 471 g/mol. The van der Waals surface area contributed by atoms with E-state index in [1.807, 2.05) is 36.6 Å². The number of para-hydroxylation sites is 1. The molecule has 7 nitrogen and oxygen atoms in total. The molecule has 0 spiro atoms. The average Bonchev–Trinajstić information content (AvgIpc) is 3.47. The third kappa shape index (κ3) is 4.82. The molecule has 1 N–H and O–H groups in total. The van der Waals surface area contributed by atoms with Crippen molar-refractivity contribution in [1.29, 1.82) is 0 Å². The number of carbonyl (C=O) groups is 1. The maximum Gasteiger partial charge on any atom is 0.231 e. The molecule has 3 heterocycles. The van der Waals surface area contributed by atoms with Crippen LogP contribution in [0.25, 0.3) is 16.7 Å². The van der Waals surface area contributed by atoms with Gasteiger partial charge in [-0.3, -0.25) is 4.79 Å². The maximum absolute atomic E-state index is 13.3. The minimum Gasteiger partial charge on any atom is -0.325 e. The summed E-state index contributed by atoms with van der Waals surface area (Å²) in [7, 11) is 0. The van der Waals surface area contributed by atoms with Crippen molar-refractivity contribution in [3.8, 4) is 5.69 Å². The molecule has 0 unspecified atom stereocenters. The van der Waals surface area contributed by atoms with Crippen LogP contribution >= 0.6 is 23.1 Å². The van der Waals surface area contributed by atoms with Crippen LogP contribution in [0, 0.1) is 12.7 Å². The molecule has 170 valence electrons. The summed E-state index contributed by atoms with van der Waals surface area (Å²) in [5.74, 6) is 0.207. The van der Waals surface area contributed by atoms with Crippen molar-refractivity contribution in [3.63, 3.8) is 0 Å². The smallest absolute Gasteiger partial charge is 0.231 e. The predicted octanol–water partition coefficient (Wildman–Crippen LogP) is 5.19. The summed E-state index contributed by atoms with van der Waals surface area (Å²) in [4.78, 5) is 25.8. The maximum atomic E-state index is 13.3. The van der Waals surface area contributed by atoms with E-state index in [2.05, 4.69) is 25.4 Å². The van der Waals surface area contributed by atoms with Gasteiger partial charge in [0, 0.05) is 16.8 Å². The predicted molar refractivity (Wildman–Crippen MR) is 132 cm³/mol. The lowest BCUT2D eigenvalue weighted by molar-refractivity contribution is -0.115. The third-order valence-electron chi connectivity index (χ3n) is 5.09. The molecule has 0 fully saturated rings. The van der Waals surface area contributed by atoms with Crippen LogP contribution in [0.5, 0.6) is 0 Å². The summed E-state index contributed by atoms with van der Waals surface area (Å²) in [5.41, 5.74) is 4.08. The quantitative estimate of drug-likeness (QED) is 0.250. The van der Waals surface area contributed by atoms with Crippen LogP contribution in [0.3, 0.4) is 0 Å². The van der Waals surface area contributed by atoms with E-state index in [0.717, 1.165) is 38.1 Å². The molecule has 2 aromatic carbocycles. The number of thioether (sulfide) groups is 1. The van der Waals surface area contributed by atoms with Crippen molar-refractivity contribution < 1.29 is 9.18 Å². The molecule has 0 saturated carbocycles. The van der Waals surface area contributed by atoms with E-state index in [0.29, 0.717) is 11.4 Å². The lowest BCUT2D eigenvalue weighted by atomic mass is 10.2. The second kappa shape index (κ2) is 9.70. The lowest BCUT2D eigenvalue weighted by Gasteiger charge is -2.06. The average molecular weight is 491 g/mol. The number of hydrogen-bond donors (Lipinski definition) is 1. The van der Waals surface area contributed by atoms with Gasteiger partial charge in [-0.25, -0.2) is 24.0 Å². The Kier molecular flexibility index (Phi) is 6.33. The summed E-state index contributed by atoms with van der Waals surface area (Å²) in [6.45, 7) is 1.96. The summed E-state index contributed by atoms with van der Waals surface area (Å²) in [6, 6.07) is 13.8. The van der Waals surface area contributed by atoms with E-state index in [9.17, 15) is 9.18 Å². The number of halogens is 1. The van der Waals surface area contributed by atoms with Crippen LogP contribution in [-0.2, 0) is 17.0 Å². The Morgan fingerprint density at radius 1 is 1.15 bits per heavy atom. The number of amides is 1. The second-order valence-corrected chi connectivity index (χ2v) is 9.42. The van der Waals surface area contributed by atoms with Gasteiger partial charge in [0.15, 0.2) is 5.65 Å². The van der Waals surface area contributed by atoms with Gasteiger partial charge in [0.1, 0.15) is 22.2 Å². The zero-order valence-corrected chi connectivity index (χ0v) is 19.7. The number of aryl methyl sites for hydroxylation is 1. The van der Waals surface area contributed by atoms with Gasteiger partial charge in [-0.1, -0.05) is 30.0 Å². The second-order valence-electron chi connectivity index (χ2n) is 7.51. The molecule has 5 aromatic rings. The fourth-order valence-corrected chi connectivity index (χ4v) is 5.14. The van der Waals surface area contributed by atoms with Crippen LogP contribution in [-0.4, -0.2) is 30.6 Å². The molecule has 0 saturated heterocycles. The molecule has 1 amide bonds. The van der Waals surface area contributed by atoms with Gasteiger partial charge in [0.05, 0.1) is 29.4 Å². The van der Waals surface area contributed by atoms with Crippen molar-refractivity contribution >= 4 is 45.7 Å². The number of aromatic nitrogens is 5. The highest BCUT2D eigenvalue weighted by molar-refractivity contribution is 7.98. The number of anilines is 1. The number of benzene rings is 2. The van der Waals surface area contributed by atoms with Gasteiger partial charge >= 0.3 is 0 Å². The Bertz CT molecular complexity index is 1460. The molecule has 34 heavy (non-hydrogen) atoms. The molecule has 0 bridgehead atoms. The van der Waals surface area contributed by atoms with Crippen molar-refractivity contribution in [1.82, 2.24) is 24.7 Å². The molecule has 0 aliphatic heterocycles. The van der Waals surface area contributed by atoms with Gasteiger partial charge in [0.25, 0.3) is 0 Å². The minimum atomic E-state index is -0.304. The van der Waals surface area contributed by atoms with Crippen molar-refractivity contribution in [2.24, 2.45) is 0 Å². The molecule has 5 rings (SSSR count). The monoisotopic (exact) mass is 490 g/mol.